The highest BCUT2D eigenvalue weighted by Gasteiger charge is 2.15. The molecule has 3 aromatic rings. The summed E-state index contributed by atoms with van der Waals surface area (Å²) in [6, 6.07) is 10.1. The molecule has 0 unspecified atom stereocenters. The lowest BCUT2D eigenvalue weighted by molar-refractivity contribution is 0.476. The van der Waals surface area contributed by atoms with Crippen LogP contribution in [0.15, 0.2) is 41.1 Å². The Bertz CT molecular complexity index is 746. The van der Waals surface area contributed by atoms with Crippen LogP contribution in [0.3, 0.4) is 0 Å². The molecular formula is C15H17BrN6. The molecule has 0 amide bonds. The van der Waals surface area contributed by atoms with Crippen molar-refractivity contribution in [3.63, 3.8) is 0 Å². The Morgan fingerprint density at radius 3 is 2.68 bits per heavy atom. The van der Waals surface area contributed by atoms with E-state index in [4.69, 9.17) is 0 Å². The van der Waals surface area contributed by atoms with Gasteiger partial charge in [-0.15, -0.1) is 10.2 Å². The zero-order valence-electron chi connectivity index (χ0n) is 12.5. The molecule has 114 valence electrons. The largest absolute Gasteiger partial charge is 0.257 e. The van der Waals surface area contributed by atoms with Gasteiger partial charge in [0.25, 0.3) is 0 Å². The summed E-state index contributed by atoms with van der Waals surface area (Å²) in [5, 5.41) is 17.1. The molecule has 0 aliphatic carbocycles. The van der Waals surface area contributed by atoms with E-state index in [1.165, 1.54) is 0 Å². The van der Waals surface area contributed by atoms with E-state index >= 15 is 0 Å². The van der Waals surface area contributed by atoms with Crippen LogP contribution < -0.4 is 0 Å². The molecule has 2 aromatic heterocycles. The van der Waals surface area contributed by atoms with Gasteiger partial charge in [0.05, 0.1) is 18.3 Å². The smallest absolute Gasteiger partial charge is 0.209 e. The molecule has 0 saturated carbocycles. The van der Waals surface area contributed by atoms with Gasteiger partial charge in [-0.1, -0.05) is 44.2 Å². The van der Waals surface area contributed by atoms with Gasteiger partial charge in [0.15, 0.2) is 0 Å². The lowest BCUT2D eigenvalue weighted by Gasteiger charge is -2.05. The monoisotopic (exact) mass is 360 g/mol. The first-order valence-corrected chi connectivity index (χ1v) is 7.96. The maximum Gasteiger partial charge on any atom is 0.209 e. The minimum Gasteiger partial charge on any atom is -0.257 e. The first kappa shape index (κ1) is 14.9. The molecule has 0 aliphatic rings. The molecule has 0 N–H and O–H groups in total. The highest BCUT2D eigenvalue weighted by Crippen LogP contribution is 2.25. The molecule has 22 heavy (non-hydrogen) atoms. The number of benzene rings is 1. The molecule has 0 aliphatic heterocycles. The Labute approximate surface area is 137 Å². The fourth-order valence-corrected chi connectivity index (χ4v) is 2.67. The summed E-state index contributed by atoms with van der Waals surface area (Å²) in [6.07, 6.45) is 1.77. The normalized spacial score (nSPS) is 11.3. The van der Waals surface area contributed by atoms with Gasteiger partial charge in [-0.05, 0) is 32.6 Å². The molecule has 3 rings (SSSR count). The van der Waals surface area contributed by atoms with E-state index in [1.54, 1.807) is 11.0 Å². The van der Waals surface area contributed by atoms with Crippen LogP contribution in [0, 0.1) is 5.92 Å². The number of tetrazole rings is 1. The van der Waals surface area contributed by atoms with Gasteiger partial charge in [-0.25, -0.2) is 0 Å². The Balaban J connectivity index is 1.80. The maximum atomic E-state index is 4.44. The van der Waals surface area contributed by atoms with Crippen molar-refractivity contribution in [2.45, 2.75) is 26.9 Å². The Morgan fingerprint density at radius 1 is 1.18 bits per heavy atom. The standard InChI is InChI=1S/C15H17BrN6/c1-11(2)9-21-14(16)13(8-17-21)15-18-20-22(19-15)10-12-6-4-3-5-7-12/h3-8,11H,9-10H2,1-2H3. The molecule has 0 fully saturated rings. The SMILES string of the molecule is CC(C)Cn1ncc(-c2nnn(Cc3ccccc3)n2)c1Br. The van der Waals surface area contributed by atoms with Gasteiger partial charge < -0.3 is 0 Å². The fourth-order valence-electron chi connectivity index (χ4n) is 2.16. The van der Waals surface area contributed by atoms with E-state index in [0.29, 0.717) is 18.3 Å². The van der Waals surface area contributed by atoms with E-state index in [0.717, 1.165) is 22.3 Å². The fraction of sp³-hybridized carbons (Fsp3) is 0.333. The number of hydrogen-bond donors (Lipinski definition) is 0. The summed E-state index contributed by atoms with van der Waals surface area (Å²) >= 11 is 3.58. The van der Waals surface area contributed by atoms with Gasteiger partial charge in [-0.2, -0.15) is 9.90 Å². The quantitative estimate of drug-likeness (QED) is 0.701. The zero-order valence-corrected chi connectivity index (χ0v) is 14.1. The minimum atomic E-state index is 0.519. The summed E-state index contributed by atoms with van der Waals surface area (Å²) in [7, 11) is 0. The third kappa shape index (κ3) is 3.24. The second-order valence-electron chi connectivity index (χ2n) is 5.55. The van der Waals surface area contributed by atoms with Crippen LogP contribution in [-0.2, 0) is 13.1 Å². The van der Waals surface area contributed by atoms with Crippen molar-refractivity contribution in [3.8, 4) is 11.4 Å². The first-order chi connectivity index (χ1) is 10.6. The molecule has 1 aromatic carbocycles. The van der Waals surface area contributed by atoms with Crippen LogP contribution in [0.2, 0.25) is 0 Å². The molecule has 7 heteroatoms. The van der Waals surface area contributed by atoms with Crippen molar-refractivity contribution in [1.29, 1.82) is 0 Å². The number of nitrogens with zero attached hydrogens (tertiary/aromatic N) is 6. The predicted octanol–water partition coefficient (Wildman–Crippen LogP) is 3.00. The number of halogens is 1. The molecular weight excluding hydrogens is 344 g/mol. The molecule has 6 nitrogen and oxygen atoms in total. The van der Waals surface area contributed by atoms with Crippen molar-refractivity contribution in [3.05, 3.63) is 46.7 Å². The Kier molecular flexibility index (Phi) is 4.33. The number of rotatable bonds is 5. The second kappa shape index (κ2) is 6.39. The average Bonchev–Trinajstić information content (AvgIpc) is 3.08. The Morgan fingerprint density at radius 2 is 1.95 bits per heavy atom. The van der Waals surface area contributed by atoms with Crippen molar-refractivity contribution in [2.75, 3.05) is 0 Å². The van der Waals surface area contributed by atoms with Crippen LogP contribution >= 0.6 is 15.9 Å². The van der Waals surface area contributed by atoms with E-state index in [-0.39, 0.29) is 0 Å². The van der Waals surface area contributed by atoms with Crippen LogP contribution in [0.1, 0.15) is 19.4 Å². The summed E-state index contributed by atoms with van der Waals surface area (Å²) < 4.78 is 2.80. The van der Waals surface area contributed by atoms with Gasteiger partial charge in [0.1, 0.15) is 4.60 Å². The predicted molar refractivity (Wildman–Crippen MR) is 87.1 cm³/mol. The van der Waals surface area contributed by atoms with Gasteiger partial charge in [-0.3, -0.25) is 4.68 Å². The number of hydrogen-bond acceptors (Lipinski definition) is 4. The first-order valence-electron chi connectivity index (χ1n) is 7.17. The van der Waals surface area contributed by atoms with Crippen molar-refractivity contribution in [1.82, 2.24) is 30.0 Å². The highest BCUT2D eigenvalue weighted by atomic mass is 79.9. The van der Waals surface area contributed by atoms with E-state index < -0.39 is 0 Å². The van der Waals surface area contributed by atoms with Crippen molar-refractivity contribution in [2.24, 2.45) is 5.92 Å². The third-order valence-corrected chi connectivity index (χ3v) is 4.01. The topological polar surface area (TPSA) is 61.4 Å². The summed E-state index contributed by atoms with van der Waals surface area (Å²) in [6.45, 7) is 5.76. The molecule has 0 atom stereocenters. The van der Waals surface area contributed by atoms with Gasteiger partial charge in [0.2, 0.25) is 5.82 Å². The lowest BCUT2D eigenvalue weighted by atomic mass is 10.2. The van der Waals surface area contributed by atoms with E-state index in [9.17, 15) is 0 Å². The van der Waals surface area contributed by atoms with E-state index in [2.05, 4.69) is 50.3 Å². The van der Waals surface area contributed by atoms with Gasteiger partial charge in [0, 0.05) is 6.54 Å². The van der Waals surface area contributed by atoms with Crippen molar-refractivity contribution >= 4 is 15.9 Å². The van der Waals surface area contributed by atoms with Crippen LogP contribution in [-0.4, -0.2) is 30.0 Å². The van der Waals surface area contributed by atoms with Crippen LogP contribution in [0.4, 0.5) is 0 Å². The molecule has 0 radical (unpaired) electrons. The summed E-state index contributed by atoms with van der Waals surface area (Å²) in [4.78, 5) is 1.59. The molecule has 0 bridgehead atoms. The highest BCUT2D eigenvalue weighted by molar-refractivity contribution is 9.10. The summed E-state index contributed by atoms with van der Waals surface area (Å²) in [5.74, 6) is 1.10. The van der Waals surface area contributed by atoms with Crippen LogP contribution in [0.25, 0.3) is 11.4 Å². The van der Waals surface area contributed by atoms with Gasteiger partial charge >= 0.3 is 0 Å². The lowest BCUT2D eigenvalue weighted by Crippen LogP contribution is -2.06. The molecule has 2 heterocycles. The number of aromatic nitrogens is 6. The molecule has 0 spiro atoms. The van der Waals surface area contributed by atoms with Crippen LogP contribution in [0.5, 0.6) is 0 Å². The zero-order chi connectivity index (χ0) is 15.5. The van der Waals surface area contributed by atoms with E-state index in [1.807, 2.05) is 35.0 Å². The third-order valence-electron chi connectivity index (χ3n) is 3.17. The maximum absolute atomic E-state index is 4.44. The second-order valence-corrected chi connectivity index (χ2v) is 6.31. The summed E-state index contributed by atoms with van der Waals surface area (Å²) in [5.41, 5.74) is 2.00. The van der Waals surface area contributed by atoms with Crippen molar-refractivity contribution < 1.29 is 0 Å². The Hall–Kier alpha value is -2.02. The average molecular weight is 361 g/mol. The minimum absolute atomic E-state index is 0.519. The molecule has 0 saturated heterocycles.